The van der Waals surface area contributed by atoms with Gasteiger partial charge in [-0.25, -0.2) is 0 Å². The molecule has 0 saturated heterocycles. The maximum atomic E-state index is 12.4. The summed E-state index contributed by atoms with van der Waals surface area (Å²) in [5, 5.41) is 19.0. The van der Waals surface area contributed by atoms with Gasteiger partial charge in [-0.05, 0) is 31.2 Å². The van der Waals surface area contributed by atoms with Gasteiger partial charge in [0.25, 0.3) is 16.8 Å². The molecule has 1 amide bonds. The number of hydrogen-bond donors (Lipinski definition) is 0. The third-order valence-electron chi connectivity index (χ3n) is 3.96. The van der Waals surface area contributed by atoms with Crippen molar-refractivity contribution in [1.82, 2.24) is 10.2 Å². The van der Waals surface area contributed by atoms with E-state index >= 15 is 0 Å². The summed E-state index contributed by atoms with van der Waals surface area (Å²) in [5.74, 6) is 0.817. The summed E-state index contributed by atoms with van der Waals surface area (Å²) >= 11 is 1.11. The molecule has 3 rings (SSSR count). The van der Waals surface area contributed by atoms with Crippen LogP contribution in [0.1, 0.15) is 6.92 Å². The van der Waals surface area contributed by atoms with E-state index < -0.39 is 4.92 Å². The van der Waals surface area contributed by atoms with E-state index in [9.17, 15) is 14.9 Å². The quantitative estimate of drug-likeness (QED) is 0.311. The van der Waals surface area contributed by atoms with Crippen molar-refractivity contribution in [3.63, 3.8) is 0 Å². The van der Waals surface area contributed by atoms with Crippen LogP contribution in [0.4, 0.5) is 11.4 Å². The van der Waals surface area contributed by atoms with Gasteiger partial charge in [0.05, 0.1) is 22.8 Å². The van der Waals surface area contributed by atoms with Gasteiger partial charge in [-0.15, -0.1) is 10.2 Å². The molecule has 0 aliphatic rings. The summed E-state index contributed by atoms with van der Waals surface area (Å²) in [4.78, 5) is 24.1. The molecule has 0 fully saturated rings. The maximum absolute atomic E-state index is 12.4. The molecule has 0 saturated carbocycles. The van der Waals surface area contributed by atoms with Crippen LogP contribution in [0.3, 0.4) is 0 Å². The number of amides is 1. The van der Waals surface area contributed by atoms with Gasteiger partial charge in [-0.1, -0.05) is 23.9 Å². The first-order chi connectivity index (χ1) is 14.0. The predicted molar refractivity (Wildman–Crippen MR) is 108 cm³/mol. The minimum Gasteiger partial charge on any atom is -0.493 e. The van der Waals surface area contributed by atoms with E-state index in [2.05, 4.69) is 10.2 Å². The van der Waals surface area contributed by atoms with Crippen molar-refractivity contribution >= 4 is 29.0 Å². The molecule has 0 aliphatic heterocycles. The molecule has 3 aromatic rings. The highest BCUT2D eigenvalue weighted by molar-refractivity contribution is 7.99. The Labute approximate surface area is 170 Å². The third kappa shape index (κ3) is 4.91. The number of thioether (sulfide) groups is 1. The highest BCUT2D eigenvalue weighted by atomic mass is 32.2. The number of anilines is 1. The fourth-order valence-electron chi connectivity index (χ4n) is 2.46. The molecule has 1 heterocycles. The van der Waals surface area contributed by atoms with Crippen molar-refractivity contribution in [2.75, 3.05) is 24.3 Å². The van der Waals surface area contributed by atoms with Crippen molar-refractivity contribution in [3.05, 3.63) is 58.6 Å². The summed E-state index contributed by atoms with van der Waals surface area (Å²) in [6.07, 6.45) is 0. The smallest absolute Gasteiger partial charge is 0.277 e. The van der Waals surface area contributed by atoms with E-state index in [1.165, 1.54) is 29.2 Å². The Morgan fingerprint density at radius 2 is 1.93 bits per heavy atom. The van der Waals surface area contributed by atoms with Gasteiger partial charge < -0.3 is 14.1 Å². The van der Waals surface area contributed by atoms with Gasteiger partial charge in [-0.3, -0.25) is 14.9 Å². The van der Waals surface area contributed by atoms with Crippen molar-refractivity contribution in [1.29, 1.82) is 0 Å². The summed E-state index contributed by atoms with van der Waals surface area (Å²) < 4.78 is 11.2. The number of carbonyl (C=O) groups excluding carboxylic acids is 1. The molecule has 0 N–H and O–H groups in total. The second-order valence-electron chi connectivity index (χ2n) is 5.82. The topological polar surface area (TPSA) is 112 Å². The number of rotatable bonds is 8. The lowest BCUT2D eigenvalue weighted by Gasteiger charge is -2.16. The minimum absolute atomic E-state index is 0.0327. The number of nitro groups is 1. The lowest BCUT2D eigenvalue weighted by Crippen LogP contribution is -2.27. The van der Waals surface area contributed by atoms with Gasteiger partial charge in [-0.2, -0.15) is 0 Å². The van der Waals surface area contributed by atoms with Crippen molar-refractivity contribution in [3.8, 4) is 17.2 Å². The van der Waals surface area contributed by atoms with Crippen molar-refractivity contribution in [2.24, 2.45) is 0 Å². The van der Waals surface area contributed by atoms with Crippen LogP contribution >= 0.6 is 11.8 Å². The Kier molecular flexibility index (Phi) is 6.45. The molecule has 2 aromatic carbocycles. The molecule has 29 heavy (non-hydrogen) atoms. The predicted octanol–water partition coefficient (Wildman–Crippen LogP) is 3.80. The average Bonchev–Trinajstić information content (AvgIpc) is 3.21. The van der Waals surface area contributed by atoms with Crippen LogP contribution in [0.5, 0.6) is 5.75 Å². The zero-order valence-electron chi connectivity index (χ0n) is 15.8. The van der Waals surface area contributed by atoms with Gasteiger partial charge in [0.1, 0.15) is 5.75 Å². The molecule has 0 radical (unpaired) electrons. The number of benzene rings is 2. The molecule has 10 heteroatoms. The van der Waals surface area contributed by atoms with E-state index in [0.29, 0.717) is 29.5 Å². The van der Waals surface area contributed by atoms with Crippen LogP contribution in [-0.4, -0.2) is 40.4 Å². The monoisotopic (exact) mass is 414 g/mol. The Balaban J connectivity index is 1.63. The second-order valence-corrected chi connectivity index (χ2v) is 6.74. The second kappa shape index (κ2) is 9.20. The highest BCUT2D eigenvalue weighted by Gasteiger charge is 2.17. The molecule has 150 valence electrons. The lowest BCUT2D eigenvalue weighted by molar-refractivity contribution is -0.384. The number of nitrogens with zero attached hydrogens (tertiary/aromatic N) is 4. The van der Waals surface area contributed by atoms with E-state index in [4.69, 9.17) is 9.15 Å². The SMILES string of the molecule is CCOc1ccccc1-c1nnc(SCC(=O)N(C)c2ccc([N+](=O)[O-])cc2)o1. The number of para-hydroxylation sites is 1. The normalized spacial score (nSPS) is 10.6. The molecule has 9 nitrogen and oxygen atoms in total. The van der Waals surface area contributed by atoms with Crippen LogP contribution in [-0.2, 0) is 4.79 Å². The first-order valence-corrected chi connectivity index (χ1v) is 9.67. The number of non-ortho nitro benzene ring substituents is 1. The number of ether oxygens (including phenoxy) is 1. The van der Waals surface area contributed by atoms with Gasteiger partial charge in [0.2, 0.25) is 5.91 Å². The molecule has 0 bridgehead atoms. The Morgan fingerprint density at radius 1 is 1.21 bits per heavy atom. The van der Waals surface area contributed by atoms with Crippen molar-refractivity contribution < 1.29 is 18.9 Å². The largest absolute Gasteiger partial charge is 0.493 e. The average molecular weight is 414 g/mol. The standard InChI is InChI=1S/C19H18N4O5S/c1-3-27-16-7-5-4-6-15(16)18-20-21-19(28-18)29-12-17(24)22(2)13-8-10-14(11-9-13)23(25)26/h4-11H,3,12H2,1-2H3. The Morgan fingerprint density at radius 3 is 2.62 bits per heavy atom. The van der Waals surface area contributed by atoms with E-state index in [1.54, 1.807) is 7.05 Å². The van der Waals surface area contributed by atoms with Crippen LogP contribution in [0, 0.1) is 10.1 Å². The van der Waals surface area contributed by atoms with E-state index in [1.807, 2.05) is 31.2 Å². The fourth-order valence-corrected chi connectivity index (χ4v) is 3.14. The summed E-state index contributed by atoms with van der Waals surface area (Å²) in [6.45, 7) is 2.40. The van der Waals surface area contributed by atoms with E-state index in [0.717, 1.165) is 11.8 Å². The molecule has 0 spiro atoms. The van der Waals surface area contributed by atoms with Crippen LogP contribution < -0.4 is 9.64 Å². The summed E-state index contributed by atoms with van der Waals surface area (Å²) in [7, 11) is 1.60. The first kappa shape index (κ1) is 20.3. The molecule has 0 aliphatic carbocycles. The number of aromatic nitrogens is 2. The summed E-state index contributed by atoms with van der Waals surface area (Å²) in [5.41, 5.74) is 1.20. The van der Waals surface area contributed by atoms with Gasteiger partial charge in [0.15, 0.2) is 0 Å². The Hall–Kier alpha value is -3.40. The fraction of sp³-hybridized carbons (Fsp3) is 0.211. The first-order valence-electron chi connectivity index (χ1n) is 8.69. The molecule has 0 unspecified atom stereocenters. The summed E-state index contributed by atoms with van der Waals surface area (Å²) in [6, 6.07) is 13.1. The molecular formula is C19H18N4O5S. The Bertz CT molecular complexity index is 1010. The molecule has 1 aromatic heterocycles. The van der Waals surface area contributed by atoms with E-state index in [-0.39, 0.29) is 22.6 Å². The van der Waals surface area contributed by atoms with Crippen LogP contribution in [0.15, 0.2) is 58.2 Å². The third-order valence-corrected chi connectivity index (χ3v) is 4.77. The molecule has 0 atom stereocenters. The van der Waals surface area contributed by atoms with Gasteiger partial charge in [0, 0.05) is 24.9 Å². The van der Waals surface area contributed by atoms with Crippen LogP contribution in [0.2, 0.25) is 0 Å². The zero-order chi connectivity index (χ0) is 20.8. The number of nitro benzene ring substituents is 1. The maximum Gasteiger partial charge on any atom is 0.277 e. The number of carbonyl (C=O) groups is 1. The highest BCUT2D eigenvalue weighted by Crippen LogP contribution is 2.31. The van der Waals surface area contributed by atoms with Gasteiger partial charge >= 0.3 is 0 Å². The minimum atomic E-state index is -0.488. The zero-order valence-corrected chi connectivity index (χ0v) is 16.6. The number of hydrogen-bond acceptors (Lipinski definition) is 8. The van der Waals surface area contributed by atoms with Crippen LogP contribution in [0.25, 0.3) is 11.5 Å². The lowest BCUT2D eigenvalue weighted by atomic mass is 10.2. The molecular weight excluding hydrogens is 396 g/mol. The van der Waals surface area contributed by atoms with Crippen molar-refractivity contribution in [2.45, 2.75) is 12.1 Å².